The number of nitrogens with zero attached hydrogens (tertiary/aromatic N) is 3. The van der Waals surface area contributed by atoms with E-state index in [1.807, 2.05) is 66.9 Å². The largest absolute Gasteiger partial charge is 0.342 e. The molecule has 1 atom stereocenters. The summed E-state index contributed by atoms with van der Waals surface area (Å²) >= 11 is 0. The number of imidazole rings is 1. The molecule has 0 radical (unpaired) electrons. The minimum absolute atomic E-state index is 0.133. The lowest BCUT2D eigenvalue weighted by molar-refractivity contribution is 0.0937. The summed E-state index contributed by atoms with van der Waals surface area (Å²) in [6.45, 7) is 4.45. The van der Waals surface area contributed by atoms with Crippen LogP contribution in [0.2, 0.25) is 0 Å². The summed E-state index contributed by atoms with van der Waals surface area (Å²) in [6.07, 6.45) is 0.395. The van der Waals surface area contributed by atoms with E-state index in [1.54, 1.807) is 0 Å². The highest BCUT2D eigenvalue weighted by molar-refractivity contribution is 5.94. The van der Waals surface area contributed by atoms with Crippen molar-refractivity contribution in [1.82, 2.24) is 14.9 Å². The third-order valence-corrected chi connectivity index (χ3v) is 4.18. The van der Waals surface area contributed by atoms with Crippen LogP contribution in [-0.2, 0) is 6.54 Å². The fraction of sp³-hybridized carbons (Fsp3) is 0.250. The maximum Gasteiger partial charge on any atom is 0.251 e. The third-order valence-electron chi connectivity index (χ3n) is 4.18. The molecular formula is C20H20N4O. The Bertz CT molecular complexity index is 934. The maximum absolute atomic E-state index is 12.5. The Morgan fingerprint density at radius 1 is 1.24 bits per heavy atom. The van der Waals surface area contributed by atoms with Gasteiger partial charge in [-0.05, 0) is 38.1 Å². The molecule has 25 heavy (non-hydrogen) atoms. The second-order valence-electron chi connectivity index (χ2n) is 6.08. The summed E-state index contributed by atoms with van der Waals surface area (Å²) in [7, 11) is 0. The number of aryl methyl sites for hydroxylation is 2. The quantitative estimate of drug-likeness (QED) is 0.773. The number of fused-ring (bicyclic) bond motifs is 1. The molecule has 0 fully saturated rings. The number of para-hydroxylation sites is 2. The van der Waals surface area contributed by atoms with Crippen molar-refractivity contribution >= 4 is 16.9 Å². The van der Waals surface area contributed by atoms with Crippen molar-refractivity contribution in [2.24, 2.45) is 0 Å². The van der Waals surface area contributed by atoms with Gasteiger partial charge >= 0.3 is 0 Å². The van der Waals surface area contributed by atoms with Crippen LogP contribution >= 0.6 is 0 Å². The van der Waals surface area contributed by atoms with E-state index in [2.05, 4.69) is 16.4 Å². The summed E-state index contributed by atoms with van der Waals surface area (Å²) in [4.78, 5) is 17.1. The van der Waals surface area contributed by atoms with Gasteiger partial charge in [0.25, 0.3) is 5.91 Å². The van der Waals surface area contributed by atoms with E-state index in [4.69, 9.17) is 5.26 Å². The number of hydrogen-bond acceptors (Lipinski definition) is 3. The van der Waals surface area contributed by atoms with Crippen LogP contribution in [0, 0.1) is 18.3 Å². The molecule has 0 saturated carbocycles. The molecule has 1 aromatic heterocycles. The molecule has 5 nitrogen and oxygen atoms in total. The lowest BCUT2D eigenvalue weighted by atomic mass is 10.1. The van der Waals surface area contributed by atoms with E-state index in [1.165, 1.54) is 0 Å². The molecule has 0 spiro atoms. The highest BCUT2D eigenvalue weighted by atomic mass is 16.1. The van der Waals surface area contributed by atoms with Crippen LogP contribution in [-0.4, -0.2) is 15.5 Å². The van der Waals surface area contributed by atoms with Gasteiger partial charge in [0.15, 0.2) is 0 Å². The number of amides is 1. The molecule has 0 unspecified atom stereocenters. The SMILES string of the molecule is Cc1ccc(C(=O)N[C@@H](C)c2nc3ccccc3n2CCC#N)cc1. The van der Waals surface area contributed by atoms with Crippen LogP contribution in [0.5, 0.6) is 0 Å². The summed E-state index contributed by atoms with van der Waals surface area (Å²) in [5.74, 6) is 0.628. The Morgan fingerprint density at radius 3 is 2.68 bits per heavy atom. The minimum atomic E-state index is -0.264. The van der Waals surface area contributed by atoms with Crippen LogP contribution in [0.15, 0.2) is 48.5 Å². The Hall–Kier alpha value is -3.13. The average molecular weight is 332 g/mol. The summed E-state index contributed by atoms with van der Waals surface area (Å²) in [6, 6.07) is 17.2. The molecule has 126 valence electrons. The molecule has 0 aliphatic rings. The molecule has 3 aromatic rings. The van der Waals surface area contributed by atoms with Crippen molar-refractivity contribution in [2.45, 2.75) is 32.9 Å². The second kappa shape index (κ2) is 7.18. The molecule has 5 heteroatoms. The molecule has 0 aliphatic carbocycles. The summed E-state index contributed by atoms with van der Waals surface area (Å²) in [5.41, 5.74) is 3.58. The highest BCUT2D eigenvalue weighted by Crippen LogP contribution is 2.21. The zero-order chi connectivity index (χ0) is 17.8. The van der Waals surface area contributed by atoms with E-state index in [0.29, 0.717) is 18.5 Å². The van der Waals surface area contributed by atoms with Crippen molar-refractivity contribution in [2.75, 3.05) is 0 Å². The monoisotopic (exact) mass is 332 g/mol. The van der Waals surface area contributed by atoms with Crippen LogP contribution in [0.3, 0.4) is 0 Å². The number of carbonyl (C=O) groups excluding carboxylic acids is 1. The van der Waals surface area contributed by atoms with Gasteiger partial charge < -0.3 is 9.88 Å². The van der Waals surface area contributed by atoms with E-state index in [-0.39, 0.29) is 11.9 Å². The molecule has 1 heterocycles. The standard InChI is InChI=1S/C20H20N4O/c1-14-8-10-16(11-9-14)20(25)22-15(2)19-23-17-6-3-4-7-18(17)24(19)13-5-12-21/h3-4,6-11,15H,5,13H2,1-2H3,(H,22,25)/t15-/m0/s1. The van der Waals surface area contributed by atoms with Gasteiger partial charge in [-0.3, -0.25) is 4.79 Å². The first kappa shape index (κ1) is 16.7. The average Bonchev–Trinajstić information content (AvgIpc) is 2.99. The molecular weight excluding hydrogens is 312 g/mol. The molecule has 0 aliphatic heterocycles. The molecule has 0 bridgehead atoms. The predicted molar refractivity (Wildman–Crippen MR) is 97.0 cm³/mol. The first-order valence-corrected chi connectivity index (χ1v) is 8.30. The smallest absolute Gasteiger partial charge is 0.251 e. The van der Waals surface area contributed by atoms with Crippen molar-refractivity contribution in [3.8, 4) is 6.07 Å². The normalized spacial score (nSPS) is 11.9. The second-order valence-corrected chi connectivity index (χ2v) is 6.08. The number of nitriles is 1. The molecule has 3 rings (SSSR count). The fourth-order valence-electron chi connectivity index (χ4n) is 2.87. The van der Waals surface area contributed by atoms with E-state index in [0.717, 1.165) is 22.4 Å². The molecule has 2 aromatic carbocycles. The van der Waals surface area contributed by atoms with Gasteiger partial charge in [0.2, 0.25) is 0 Å². The van der Waals surface area contributed by atoms with Crippen LogP contribution in [0.25, 0.3) is 11.0 Å². The van der Waals surface area contributed by atoms with E-state index < -0.39 is 0 Å². The van der Waals surface area contributed by atoms with E-state index >= 15 is 0 Å². The number of rotatable bonds is 5. The summed E-state index contributed by atoms with van der Waals surface area (Å²) in [5, 5.41) is 11.9. The Morgan fingerprint density at radius 2 is 1.96 bits per heavy atom. The zero-order valence-electron chi connectivity index (χ0n) is 14.4. The van der Waals surface area contributed by atoms with Gasteiger partial charge in [-0.2, -0.15) is 5.26 Å². The third kappa shape index (κ3) is 3.53. The van der Waals surface area contributed by atoms with Crippen LogP contribution in [0.4, 0.5) is 0 Å². The lowest BCUT2D eigenvalue weighted by Crippen LogP contribution is -2.28. The number of carbonyl (C=O) groups is 1. The van der Waals surface area contributed by atoms with Gasteiger partial charge in [0.05, 0.1) is 29.6 Å². The number of nitrogens with one attached hydrogen (secondary N) is 1. The van der Waals surface area contributed by atoms with E-state index in [9.17, 15) is 4.79 Å². The zero-order valence-corrected chi connectivity index (χ0v) is 14.4. The number of aromatic nitrogens is 2. The maximum atomic E-state index is 12.5. The topological polar surface area (TPSA) is 70.7 Å². The fourth-order valence-corrected chi connectivity index (χ4v) is 2.87. The predicted octanol–water partition coefficient (Wildman–Crippen LogP) is 3.75. The lowest BCUT2D eigenvalue weighted by Gasteiger charge is -2.16. The molecule has 0 saturated heterocycles. The van der Waals surface area contributed by atoms with Gasteiger partial charge in [-0.1, -0.05) is 29.8 Å². The van der Waals surface area contributed by atoms with Crippen LogP contribution in [0.1, 0.15) is 41.1 Å². The van der Waals surface area contributed by atoms with Crippen molar-refractivity contribution in [3.05, 3.63) is 65.5 Å². The van der Waals surface area contributed by atoms with Crippen molar-refractivity contribution < 1.29 is 4.79 Å². The van der Waals surface area contributed by atoms with Crippen molar-refractivity contribution in [3.63, 3.8) is 0 Å². The van der Waals surface area contributed by atoms with Gasteiger partial charge in [-0.15, -0.1) is 0 Å². The Kier molecular flexibility index (Phi) is 4.80. The van der Waals surface area contributed by atoms with Crippen LogP contribution < -0.4 is 5.32 Å². The summed E-state index contributed by atoms with van der Waals surface area (Å²) < 4.78 is 2.01. The molecule has 1 amide bonds. The number of benzene rings is 2. The number of hydrogen-bond donors (Lipinski definition) is 1. The van der Waals surface area contributed by atoms with Gasteiger partial charge in [0, 0.05) is 12.1 Å². The van der Waals surface area contributed by atoms with Gasteiger partial charge in [0.1, 0.15) is 5.82 Å². The highest BCUT2D eigenvalue weighted by Gasteiger charge is 2.18. The first-order chi connectivity index (χ1) is 12.1. The minimum Gasteiger partial charge on any atom is -0.342 e. The Labute approximate surface area is 146 Å². The first-order valence-electron chi connectivity index (χ1n) is 8.30. The van der Waals surface area contributed by atoms with Crippen molar-refractivity contribution in [1.29, 1.82) is 5.26 Å². The Balaban J connectivity index is 1.88. The van der Waals surface area contributed by atoms with Gasteiger partial charge in [-0.25, -0.2) is 4.98 Å². The molecule has 1 N–H and O–H groups in total.